The number of aromatic nitrogens is 1. The van der Waals surface area contributed by atoms with Crippen LogP contribution in [0.3, 0.4) is 0 Å². The summed E-state index contributed by atoms with van der Waals surface area (Å²) in [5.41, 5.74) is 0. The standard InChI is InChI=1S/C6H2BrF3INO/c7-5-1-3(11)4(2-12-5)13-6(8,9)10/h1-2H. The minimum Gasteiger partial charge on any atom is -0.403 e. The lowest BCUT2D eigenvalue weighted by molar-refractivity contribution is -0.275. The molecule has 1 aromatic heterocycles. The number of rotatable bonds is 1. The second-order valence-electron chi connectivity index (χ2n) is 1.99. The zero-order valence-corrected chi connectivity index (χ0v) is 9.64. The van der Waals surface area contributed by atoms with E-state index in [0.29, 0.717) is 8.17 Å². The molecule has 0 N–H and O–H groups in total. The van der Waals surface area contributed by atoms with E-state index in [2.05, 4.69) is 25.7 Å². The quantitative estimate of drug-likeness (QED) is 0.561. The molecule has 1 heterocycles. The number of ether oxygens (including phenoxy) is 1. The third-order valence-electron chi connectivity index (χ3n) is 1.01. The zero-order chi connectivity index (χ0) is 10.1. The first kappa shape index (κ1) is 11.0. The molecular formula is C6H2BrF3INO. The normalized spacial score (nSPS) is 11.5. The molecule has 0 saturated carbocycles. The van der Waals surface area contributed by atoms with Crippen molar-refractivity contribution in [3.63, 3.8) is 0 Å². The van der Waals surface area contributed by atoms with Gasteiger partial charge in [0.2, 0.25) is 0 Å². The molecule has 13 heavy (non-hydrogen) atoms. The molecule has 0 spiro atoms. The summed E-state index contributed by atoms with van der Waals surface area (Å²) in [6, 6.07) is 1.43. The van der Waals surface area contributed by atoms with Crippen molar-refractivity contribution in [1.82, 2.24) is 4.98 Å². The van der Waals surface area contributed by atoms with Gasteiger partial charge in [0.15, 0.2) is 5.75 Å². The second-order valence-corrected chi connectivity index (χ2v) is 3.96. The van der Waals surface area contributed by atoms with Gasteiger partial charge in [-0.2, -0.15) is 0 Å². The molecule has 0 aliphatic heterocycles. The van der Waals surface area contributed by atoms with Gasteiger partial charge in [0.1, 0.15) is 4.60 Å². The van der Waals surface area contributed by atoms with Crippen LogP contribution in [-0.2, 0) is 0 Å². The summed E-state index contributed by atoms with van der Waals surface area (Å²) in [6.45, 7) is 0. The number of pyridine rings is 1. The van der Waals surface area contributed by atoms with Crippen molar-refractivity contribution < 1.29 is 17.9 Å². The first-order valence-electron chi connectivity index (χ1n) is 2.95. The molecule has 0 fully saturated rings. The van der Waals surface area contributed by atoms with Gasteiger partial charge in [-0.15, -0.1) is 13.2 Å². The predicted molar refractivity (Wildman–Crippen MR) is 51.3 cm³/mol. The Kier molecular flexibility index (Phi) is 3.38. The first-order chi connectivity index (χ1) is 5.88. The summed E-state index contributed by atoms with van der Waals surface area (Å²) in [5, 5.41) is 0. The molecule has 0 radical (unpaired) electrons. The average molecular weight is 368 g/mol. The minimum absolute atomic E-state index is 0.295. The summed E-state index contributed by atoms with van der Waals surface area (Å²) in [4.78, 5) is 3.61. The molecule has 1 rings (SSSR count). The first-order valence-corrected chi connectivity index (χ1v) is 4.82. The number of hydrogen-bond acceptors (Lipinski definition) is 2. The van der Waals surface area contributed by atoms with E-state index in [9.17, 15) is 13.2 Å². The molecule has 0 unspecified atom stereocenters. The Morgan fingerprint density at radius 3 is 2.54 bits per heavy atom. The van der Waals surface area contributed by atoms with E-state index in [1.54, 1.807) is 22.6 Å². The Hall–Kier alpha value is -0.0500. The van der Waals surface area contributed by atoms with Crippen molar-refractivity contribution in [3.05, 3.63) is 20.4 Å². The van der Waals surface area contributed by atoms with Crippen molar-refractivity contribution in [1.29, 1.82) is 0 Å². The van der Waals surface area contributed by atoms with Crippen molar-refractivity contribution in [2.75, 3.05) is 0 Å². The van der Waals surface area contributed by atoms with Gasteiger partial charge in [-0.3, -0.25) is 0 Å². The molecular weight excluding hydrogens is 366 g/mol. The van der Waals surface area contributed by atoms with Crippen LogP contribution in [0.1, 0.15) is 0 Å². The summed E-state index contributed by atoms with van der Waals surface area (Å²) in [7, 11) is 0. The van der Waals surface area contributed by atoms with Gasteiger partial charge in [-0.05, 0) is 44.6 Å². The third kappa shape index (κ3) is 3.67. The molecule has 0 bridgehead atoms. The second kappa shape index (κ2) is 3.99. The monoisotopic (exact) mass is 367 g/mol. The molecule has 0 aliphatic rings. The van der Waals surface area contributed by atoms with Crippen LogP contribution in [-0.4, -0.2) is 11.3 Å². The van der Waals surface area contributed by atoms with E-state index in [4.69, 9.17) is 0 Å². The van der Waals surface area contributed by atoms with E-state index >= 15 is 0 Å². The number of hydrogen-bond donors (Lipinski definition) is 0. The fraction of sp³-hybridized carbons (Fsp3) is 0.167. The Morgan fingerprint density at radius 2 is 2.08 bits per heavy atom. The number of nitrogens with zero attached hydrogens (tertiary/aromatic N) is 1. The van der Waals surface area contributed by atoms with Crippen LogP contribution < -0.4 is 4.74 Å². The molecule has 0 atom stereocenters. The van der Waals surface area contributed by atoms with Gasteiger partial charge in [0.25, 0.3) is 0 Å². The van der Waals surface area contributed by atoms with Crippen LogP contribution in [0.4, 0.5) is 13.2 Å². The maximum absolute atomic E-state index is 11.8. The summed E-state index contributed by atoms with van der Waals surface area (Å²) >= 11 is 4.75. The van der Waals surface area contributed by atoms with Gasteiger partial charge in [-0.25, -0.2) is 4.98 Å². The summed E-state index contributed by atoms with van der Waals surface area (Å²) in [5.74, 6) is -0.295. The van der Waals surface area contributed by atoms with Gasteiger partial charge in [-0.1, -0.05) is 0 Å². The van der Waals surface area contributed by atoms with Gasteiger partial charge in [0, 0.05) is 0 Å². The Labute approximate surface area is 93.8 Å². The number of halogens is 5. The largest absolute Gasteiger partial charge is 0.573 e. The lowest BCUT2D eigenvalue weighted by atomic mass is 10.5. The molecule has 2 nitrogen and oxygen atoms in total. The van der Waals surface area contributed by atoms with E-state index in [-0.39, 0.29) is 5.75 Å². The van der Waals surface area contributed by atoms with Crippen molar-refractivity contribution >= 4 is 38.5 Å². The van der Waals surface area contributed by atoms with E-state index in [1.807, 2.05) is 0 Å². The molecule has 0 amide bonds. The lowest BCUT2D eigenvalue weighted by Crippen LogP contribution is -2.17. The fourth-order valence-electron chi connectivity index (χ4n) is 0.595. The lowest BCUT2D eigenvalue weighted by Gasteiger charge is -2.09. The highest BCUT2D eigenvalue weighted by molar-refractivity contribution is 14.1. The van der Waals surface area contributed by atoms with E-state index in [0.717, 1.165) is 6.20 Å². The maximum atomic E-state index is 11.8. The Balaban J connectivity index is 2.90. The molecule has 1 aromatic rings. The van der Waals surface area contributed by atoms with Crippen molar-refractivity contribution in [2.24, 2.45) is 0 Å². The zero-order valence-electron chi connectivity index (χ0n) is 5.90. The predicted octanol–water partition coefficient (Wildman–Crippen LogP) is 3.35. The Bertz CT molecular complexity index is 317. The van der Waals surface area contributed by atoms with E-state index in [1.165, 1.54) is 6.07 Å². The third-order valence-corrected chi connectivity index (χ3v) is 2.29. The van der Waals surface area contributed by atoms with Crippen LogP contribution in [0.5, 0.6) is 5.75 Å². The van der Waals surface area contributed by atoms with Crippen LogP contribution in [0.2, 0.25) is 0 Å². The van der Waals surface area contributed by atoms with Gasteiger partial charge in [0.05, 0.1) is 9.77 Å². The van der Waals surface area contributed by atoms with Crippen LogP contribution in [0.15, 0.2) is 16.9 Å². The molecule has 0 aromatic carbocycles. The molecule has 0 saturated heterocycles. The molecule has 7 heteroatoms. The molecule has 0 aliphatic carbocycles. The van der Waals surface area contributed by atoms with E-state index < -0.39 is 6.36 Å². The topological polar surface area (TPSA) is 22.1 Å². The minimum atomic E-state index is -4.67. The summed E-state index contributed by atoms with van der Waals surface area (Å²) < 4.78 is 39.8. The van der Waals surface area contributed by atoms with Crippen molar-refractivity contribution in [2.45, 2.75) is 6.36 Å². The SMILES string of the molecule is FC(F)(F)Oc1cnc(Br)cc1I. The average Bonchev–Trinajstić information content (AvgIpc) is 1.93. The highest BCUT2D eigenvalue weighted by Crippen LogP contribution is 2.28. The Morgan fingerprint density at radius 1 is 1.46 bits per heavy atom. The van der Waals surface area contributed by atoms with Gasteiger partial charge < -0.3 is 4.74 Å². The highest BCUT2D eigenvalue weighted by Gasteiger charge is 2.32. The van der Waals surface area contributed by atoms with Crippen molar-refractivity contribution in [3.8, 4) is 5.75 Å². The van der Waals surface area contributed by atoms with Crippen LogP contribution >= 0.6 is 38.5 Å². The maximum Gasteiger partial charge on any atom is 0.573 e. The smallest absolute Gasteiger partial charge is 0.403 e. The molecule has 72 valence electrons. The van der Waals surface area contributed by atoms with Crippen LogP contribution in [0.25, 0.3) is 0 Å². The summed E-state index contributed by atoms with van der Waals surface area (Å²) in [6.07, 6.45) is -3.66. The van der Waals surface area contributed by atoms with Crippen LogP contribution in [0, 0.1) is 3.57 Å². The fourth-order valence-corrected chi connectivity index (χ4v) is 1.90. The number of alkyl halides is 3. The van der Waals surface area contributed by atoms with Gasteiger partial charge >= 0.3 is 6.36 Å². The highest BCUT2D eigenvalue weighted by atomic mass is 127.